The minimum atomic E-state index is -3.22. The molecule has 2 heterocycles. The molecular formula is C17H24N2O5S. The molecule has 1 aromatic carbocycles. The molecule has 0 aromatic heterocycles. The summed E-state index contributed by atoms with van der Waals surface area (Å²) in [5.41, 5.74) is 0.990. The van der Waals surface area contributed by atoms with Gasteiger partial charge in [0.2, 0.25) is 10.0 Å². The monoisotopic (exact) mass is 368 g/mol. The van der Waals surface area contributed by atoms with Crippen LogP contribution in [0.5, 0.6) is 5.75 Å². The van der Waals surface area contributed by atoms with Gasteiger partial charge in [-0.15, -0.1) is 0 Å². The van der Waals surface area contributed by atoms with Gasteiger partial charge in [-0.25, -0.2) is 13.1 Å². The zero-order valence-electron chi connectivity index (χ0n) is 14.5. The summed E-state index contributed by atoms with van der Waals surface area (Å²) in [5.74, 6) is 0.893. The number of carbonyl (C=O) groups excluding carboxylic acids is 1. The summed E-state index contributed by atoms with van der Waals surface area (Å²) in [5, 5.41) is 0. The highest BCUT2D eigenvalue weighted by Crippen LogP contribution is 2.33. The third-order valence-electron chi connectivity index (χ3n) is 4.84. The third-order valence-corrected chi connectivity index (χ3v) is 5.54. The Kier molecular flexibility index (Phi) is 5.31. The molecule has 3 atom stereocenters. The first-order valence-corrected chi connectivity index (χ1v) is 10.2. The molecule has 7 nitrogen and oxygen atoms in total. The highest BCUT2D eigenvalue weighted by molar-refractivity contribution is 7.88. The van der Waals surface area contributed by atoms with Crippen molar-refractivity contribution in [2.24, 2.45) is 11.8 Å². The average Bonchev–Trinajstić information content (AvgIpc) is 3.12. The first-order chi connectivity index (χ1) is 11.8. The zero-order chi connectivity index (χ0) is 18.0. The van der Waals surface area contributed by atoms with Gasteiger partial charge in [-0.05, 0) is 18.6 Å². The van der Waals surface area contributed by atoms with Gasteiger partial charge >= 0.3 is 0 Å². The van der Waals surface area contributed by atoms with Crippen LogP contribution >= 0.6 is 0 Å². The maximum absolute atomic E-state index is 12.4. The molecule has 0 saturated carbocycles. The van der Waals surface area contributed by atoms with Gasteiger partial charge in [0.05, 0.1) is 19.0 Å². The highest BCUT2D eigenvalue weighted by Gasteiger charge is 2.45. The molecule has 0 spiro atoms. The van der Waals surface area contributed by atoms with Crippen LogP contribution in [0.1, 0.15) is 5.56 Å². The van der Waals surface area contributed by atoms with E-state index in [2.05, 4.69) is 4.72 Å². The van der Waals surface area contributed by atoms with Crippen LogP contribution in [-0.2, 0) is 19.6 Å². The van der Waals surface area contributed by atoms with Crippen LogP contribution in [0.4, 0.5) is 0 Å². The Morgan fingerprint density at radius 2 is 2.12 bits per heavy atom. The maximum atomic E-state index is 12.4. The van der Waals surface area contributed by atoms with E-state index in [0.717, 1.165) is 11.8 Å². The second kappa shape index (κ2) is 7.31. The Morgan fingerprint density at radius 3 is 2.84 bits per heavy atom. The molecule has 2 aliphatic heterocycles. The van der Waals surface area contributed by atoms with E-state index in [1.807, 2.05) is 31.2 Å². The quantitative estimate of drug-likeness (QED) is 0.786. The number of nitrogens with one attached hydrogen (secondary N) is 1. The van der Waals surface area contributed by atoms with Crippen LogP contribution in [0.2, 0.25) is 0 Å². The van der Waals surface area contributed by atoms with Crippen molar-refractivity contribution < 1.29 is 22.7 Å². The normalized spacial score (nSPS) is 25.8. The van der Waals surface area contributed by atoms with E-state index in [-0.39, 0.29) is 30.5 Å². The van der Waals surface area contributed by atoms with E-state index in [4.69, 9.17) is 9.47 Å². The Morgan fingerprint density at radius 1 is 1.36 bits per heavy atom. The molecule has 25 heavy (non-hydrogen) atoms. The number of benzene rings is 1. The molecule has 0 aliphatic carbocycles. The molecule has 0 bridgehead atoms. The van der Waals surface area contributed by atoms with E-state index >= 15 is 0 Å². The molecule has 0 unspecified atom stereocenters. The standard InChI is InChI=1S/C17H24N2O5S/c1-12-5-3-4-6-15(12)24-11-17(20)19-8-14-13(7-18-25(2,21)22)10-23-16(14)9-19/h3-6,13-14,16,18H,7-11H2,1-2H3/t13-,14-,16-/m0/s1. The van der Waals surface area contributed by atoms with E-state index in [0.29, 0.717) is 32.0 Å². The summed E-state index contributed by atoms with van der Waals surface area (Å²) in [6.07, 6.45) is 1.13. The molecule has 0 radical (unpaired) electrons. The number of nitrogens with zero attached hydrogens (tertiary/aromatic N) is 1. The van der Waals surface area contributed by atoms with Gasteiger partial charge in [0.1, 0.15) is 5.75 Å². The summed E-state index contributed by atoms with van der Waals surface area (Å²) in [6, 6.07) is 7.58. The van der Waals surface area contributed by atoms with Gasteiger partial charge in [-0.2, -0.15) is 0 Å². The number of likely N-dealkylation sites (tertiary alicyclic amines) is 1. The molecule has 1 N–H and O–H groups in total. The van der Waals surface area contributed by atoms with E-state index in [1.165, 1.54) is 0 Å². The van der Waals surface area contributed by atoms with Gasteiger partial charge in [0, 0.05) is 31.5 Å². The van der Waals surface area contributed by atoms with Crippen molar-refractivity contribution in [3.8, 4) is 5.75 Å². The van der Waals surface area contributed by atoms with Crippen LogP contribution in [0.25, 0.3) is 0 Å². The third kappa shape index (κ3) is 4.50. The zero-order valence-corrected chi connectivity index (χ0v) is 15.3. The average molecular weight is 368 g/mol. The largest absolute Gasteiger partial charge is 0.484 e. The summed E-state index contributed by atoms with van der Waals surface area (Å²) in [4.78, 5) is 14.2. The number of hydrogen-bond donors (Lipinski definition) is 1. The van der Waals surface area contributed by atoms with Crippen LogP contribution in [0, 0.1) is 18.8 Å². The number of hydrogen-bond acceptors (Lipinski definition) is 5. The second-order valence-corrected chi connectivity index (χ2v) is 8.60. The summed E-state index contributed by atoms with van der Waals surface area (Å²) >= 11 is 0. The molecular weight excluding hydrogens is 344 g/mol. The van der Waals surface area contributed by atoms with Crippen molar-refractivity contribution in [3.05, 3.63) is 29.8 Å². The fourth-order valence-corrected chi connectivity index (χ4v) is 3.94. The van der Waals surface area contributed by atoms with Crippen LogP contribution < -0.4 is 9.46 Å². The smallest absolute Gasteiger partial charge is 0.260 e. The number of carbonyl (C=O) groups is 1. The lowest BCUT2D eigenvalue weighted by molar-refractivity contribution is -0.133. The number of amides is 1. The minimum absolute atomic E-state index is 0.00342. The fourth-order valence-electron chi connectivity index (χ4n) is 3.42. The predicted molar refractivity (Wildman–Crippen MR) is 92.8 cm³/mol. The minimum Gasteiger partial charge on any atom is -0.484 e. The highest BCUT2D eigenvalue weighted by atomic mass is 32.2. The molecule has 2 fully saturated rings. The lowest BCUT2D eigenvalue weighted by atomic mass is 9.93. The van der Waals surface area contributed by atoms with Crippen molar-refractivity contribution in [1.29, 1.82) is 0 Å². The van der Waals surface area contributed by atoms with Crippen LogP contribution in [0.15, 0.2) is 24.3 Å². The lowest BCUT2D eigenvalue weighted by Crippen LogP contribution is -2.36. The van der Waals surface area contributed by atoms with Crippen LogP contribution in [0.3, 0.4) is 0 Å². The summed E-state index contributed by atoms with van der Waals surface area (Å²) < 4.78 is 36.4. The Bertz CT molecular complexity index is 736. The van der Waals surface area contributed by atoms with Gasteiger partial charge in [-0.1, -0.05) is 18.2 Å². The summed E-state index contributed by atoms with van der Waals surface area (Å²) in [7, 11) is -3.22. The Labute approximate surface area is 148 Å². The first kappa shape index (κ1) is 18.2. The van der Waals surface area contributed by atoms with Gasteiger partial charge in [0.15, 0.2) is 6.61 Å². The maximum Gasteiger partial charge on any atom is 0.260 e. The summed E-state index contributed by atoms with van der Waals surface area (Å²) in [6.45, 7) is 3.93. The Hall–Kier alpha value is -1.64. The first-order valence-electron chi connectivity index (χ1n) is 8.36. The number of fused-ring (bicyclic) bond motifs is 1. The molecule has 2 saturated heterocycles. The molecule has 2 aliphatic rings. The topological polar surface area (TPSA) is 84.9 Å². The van der Waals surface area contributed by atoms with Gasteiger partial charge in [0.25, 0.3) is 5.91 Å². The number of para-hydroxylation sites is 1. The van der Waals surface area contributed by atoms with Crippen molar-refractivity contribution in [1.82, 2.24) is 9.62 Å². The molecule has 138 valence electrons. The number of ether oxygens (including phenoxy) is 2. The van der Waals surface area contributed by atoms with E-state index in [9.17, 15) is 13.2 Å². The van der Waals surface area contributed by atoms with Crippen molar-refractivity contribution in [2.75, 3.05) is 39.1 Å². The number of rotatable bonds is 6. The van der Waals surface area contributed by atoms with Crippen LogP contribution in [-0.4, -0.2) is 64.4 Å². The molecule has 8 heteroatoms. The second-order valence-electron chi connectivity index (χ2n) is 6.77. The molecule has 1 aromatic rings. The Balaban J connectivity index is 1.52. The van der Waals surface area contributed by atoms with Crippen molar-refractivity contribution >= 4 is 15.9 Å². The van der Waals surface area contributed by atoms with Gasteiger partial charge < -0.3 is 14.4 Å². The lowest BCUT2D eigenvalue weighted by Gasteiger charge is -2.20. The van der Waals surface area contributed by atoms with Crippen molar-refractivity contribution in [3.63, 3.8) is 0 Å². The molecule has 3 rings (SSSR count). The van der Waals surface area contributed by atoms with E-state index < -0.39 is 10.0 Å². The number of aryl methyl sites for hydroxylation is 1. The SMILES string of the molecule is Cc1ccccc1OCC(=O)N1C[C@H]2[C@@H](CNS(C)(=O)=O)CO[C@H]2C1. The number of sulfonamides is 1. The van der Waals surface area contributed by atoms with Crippen molar-refractivity contribution in [2.45, 2.75) is 13.0 Å². The van der Waals surface area contributed by atoms with Gasteiger partial charge in [-0.3, -0.25) is 4.79 Å². The molecule has 1 amide bonds. The predicted octanol–water partition coefficient (Wildman–Crippen LogP) is 0.396. The fraction of sp³-hybridized carbons (Fsp3) is 0.588. The van der Waals surface area contributed by atoms with E-state index in [1.54, 1.807) is 4.90 Å².